The number of hydrogen-bond donors (Lipinski definition) is 1. The van der Waals surface area contributed by atoms with Crippen LogP contribution in [0.2, 0.25) is 0 Å². The van der Waals surface area contributed by atoms with E-state index in [0.717, 1.165) is 55.4 Å². The number of pyridine rings is 1. The number of rotatable bonds is 6. The molecule has 134 valence electrons. The normalized spacial score (nSPS) is 14.3. The van der Waals surface area contributed by atoms with Crippen molar-refractivity contribution in [2.45, 2.75) is 45.7 Å². The molecule has 6 heteroatoms. The van der Waals surface area contributed by atoms with Crippen molar-refractivity contribution in [1.29, 1.82) is 0 Å². The van der Waals surface area contributed by atoms with E-state index in [0.29, 0.717) is 0 Å². The molecule has 6 nitrogen and oxygen atoms in total. The summed E-state index contributed by atoms with van der Waals surface area (Å²) in [7, 11) is 0. The standard InChI is InChI=1S/C20H24N6/c1-2-3-4-19-22-12-17(24-19)14-26-10-7-18-16(13-26)11-23-20(25-18)15-5-8-21-9-6-15/h5-6,8-9,11-12H,2-4,7,10,13-14H2,1H3,(H,22,24). The highest BCUT2D eigenvalue weighted by molar-refractivity contribution is 5.54. The Balaban J connectivity index is 1.42. The Morgan fingerprint density at radius 1 is 1.15 bits per heavy atom. The number of hydrogen-bond acceptors (Lipinski definition) is 5. The van der Waals surface area contributed by atoms with E-state index < -0.39 is 0 Å². The number of aromatic nitrogens is 5. The lowest BCUT2D eigenvalue weighted by Gasteiger charge is -2.27. The van der Waals surface area contributed by atoms with Crippen molar-refractivity contribution in [3.63, 3.8) is 0 Å². The molecule has 0 saturated heterocycles. The second kappa shape index (κ2) is 7.74. The highest BCUT2D eigenvalue weighted by Gasteiger charge is 2.19. The molecule has 1 aliphatic rings. The highest BCUT2D eigenvalue weighted by Crippen LogP contribution is 2.21. The largest absolute Gasteiger partial charge is 0.345 e. The van der Waals surface area contributed by atoms with E-state index in [-0.39, 0.29) is 0 Å². The molecule has 0 aliphatic carbocycles. The highest BCUT2D eigenvalue weighted by atomic mass is 15.1. The van der Waals surface area contributed by atoms with Gasteiger partial charge in [0, 0.05) is 74.1 Å². The van der Waals surface area contributed by atoms with Crippen molar-refractivity contribution in [3.05, 3.63) is 59.7 Å². The van der Waals surface area contributed by atoms with Crippen molar-refractivity contribution in [1.82, 2.24) is 29.8 Å². The minimum atomic E-state index is 0.786. The summed E-state index contributed by atoms with van der Waals surface area (Å²) in [4.78, 5) is 23.8. The minimum Gasteiger partial charge on any atom is -0.345 e. The number of unbranched alkanes of at least 4 members (excludes halogenated alkanes) is 1. The summed E-state index contributed by atoms with van der Waals surface area (Å²) in [6, 6.07) is 3.90. The second-order valence-corrected chi connectivity index (χ2v) is 6.82. The van der Waals surface area contributed by atoms with Gasteiger partial charge in [-0.2, -0.15) is 0 Å². The summed E-state index contributed by atoms with van der Waals surface area (Å²) >= 11 is 0. The van der Waals surface area contributed by atoms with Gasteiger partial charge in [0.05, 0.1) is 5.69 Å². The predicted molar refractivity (Wildman–Crippen MR) is 100 cm³/mol. The number of nitrogens with zero attached hydrogens (tertiary/aromatic N) is 5. The third kappa shape index (κ3) is 3.80. The lowest BCUT2D eigenvalue weighted by molar-refractivity contribution is 0.240. The summed E-state index contributed by atoms with van der Waals surface area (Å²) in [5.74, 6) is 1.89. The summed E-state index contributed by atoms with van der Waals surface area (Å²) in [6.45, 7) is 4.99. The molecule has 4 heterocycles. The molecular weight excluding hydrogens is 324 g/mol. The van der Waals surface area contributed by atoms with Crippen LogP contribution in [-0.2, 0) is 25.9 Å². The van der Waals surface area contributed by atoms with Gasteiger partial charge < -0.3 is 4.98 Å². The zero-order valence-corrected chi connectivity index (χ0v) is 15.1. The van der Waals surface area contributed by atoms with Gasteiger partial charge in [0.2, 0.25) is 0 Å². The lowest BCUT2D eigenvalue weighted by atomic mass is 10.1. The van der Waals surface area contributed by atoms with Gasteiger partial charge in [0.15, 0.2) is 5.82 Å². The molecule has 1 N–H and O–H groups in total. The predicted octanol–water partition coefficient (Wildman–Crippen LogP) is 3.16. The number of fused-ring (bicyclic) bond motifs is 1. The molecule has 0 atom stereocenters. The van der Waals surface area contributed by atoms with E-state index in [9.17, 15) is 0 Å². The molecule has 0 saturated carbocycles. The number of imidazole rings is 1. The van der Waals surface area contributed by atoms with Crippen LogP contribution >= 0.6 is 0 Å². The lowest BCUT2D eigenvalue weighted by Crippen LogP contribution is -2.31. The van der Waals surface area contributed by atoms with Gasteiger partial charge in [-0.3, -0.25) is 9.88 Å². The van der Waals surface area contributed by atoms with Crippen LogP contribution in [0.15, 0.2) is 36.9 Å². The maximum atomic E-state index is 4.78. The van der Waals surface area contributed by atoms with Gasteiger partial charge >= 0.3 is 0 Å². The van der Waals surface area contributed by atoms with Gasteiger partial charge in [-0.05, 0) is 18.6 Å². The minimum absolute atomic E-state index is 0.786. The van der Waals surface area contributed by atoms with Crippen LogP contribution < -0.4 is 0 Å². The van der Waals surface area contributed by atoms with Crippen molar-refractivity contribution >= 4 is 0 Å². The second-order valence-electron chi connectivity index (χ2n) is 6.82. The number of nitrogens with one attached hydrogen (secondary N) is 1. The number of aromatic amines is 1. The quantitative estimate of drug-likeness (QED) is 0.741. The van der Waals surface area contributed by atoms with E-state index in [1.54, 1.807) is 12.4 Å². The number of aryl methyl sites for hydroxylation is 1. The van der Waals surface area contributed by atoms with E-state index in [1.165, 1.54) is 24.1 Å². The maximum Gasteiger partial charge on any atom is 0.159 e. The molecule has 3 aromatic rings. The zero-order chi connectivity index (χ0) is 17.8. The molecule has 26 heavy (non-hydrogen) atoms. The van der Waals surface area contributed by atoms with Gasteiger partial charge in [0.25, 0.3) is 0 Å². The summed E-state index contributed by atoms with van der Waals surface area (Å²) in [5.41, 5.74) is 4.59. The first-order valence-electron chi connectivity index (χ1n) is 9.32. The van der Waals surface area contributed by atoms with Crippen molar-refractivity contribution < 1.29 is 0 Å². The summed E-state index contributed by atoms with van der Waals surface area (Å²) in [6.07, 6.45) is 11.9. The first kappa shape index (κ1) is 16.8. The Kier molecular flexibility index (Phi) is 5.02. The van der Waals surface area contributed by atoms with E-state index >= 15 is 0 Å². The summed E-state index contributed by atoms with van der Waals surface area (Å²) in [5, 5.41) is 0. The smallest absolute Gasteiger partial charge is 0.159 e. The van der Waals surface area contributed by atoms with Crippen molar-refractivity contribution in [2.75, 3.05) is 6.54 Å². The third-order valence-corrected chi connectivity index (χ3v) is 4.79. The van der Waals surface area contributed by atoms with Gasteiger partial charge in [0.1, 0.15) is 5.82 Å². The van der Waals surface area contributed by atoms with Gasteiger partial charge in [-0.15, -0.1) is 0 Å². The zero-order valence-electron chi connectivity index (χ0n) is 15.1. The topological polar surface area (TPSA) is 70.6 Å². The fraction of sp³-hybridized carbons (Fsp3) is 0.400. The summed E-state index contributed by atoms with van der Waals surface area (Å²) < 4.78 is 0. The molecule has 1 aliphatic heterocycles. The molecule has 0 amide bonds. The number of H-pyrrole nitrogens is 1. The van der Waals surface area contributed by atoms with Crippen LogP contribution in [0.5, 0.6) is 0 Å². The molecule has 0 bridgehead atoms. The van der Waals surface area contributed by atoms with E-state index in [1.807, 2.05) is 24.5 Å². The first-order chi connectivity index (χ1) is 12.8. The Morgan fingerprint density at radius 2 is 2.04 bits per heavy atom. The van der Waals surface area contributed by atoms with Crippen molar-refractivity contribution in [3.8, 4) is 11.4 Å². The molecule has 3 aromatic heterocycles. The Hall–Kier alpha value is -2.60. The SMILES string of the molecule is CCCCc1ncc(CN2CCc3nc(-c4ccncc4)ncc3C2)[nH]1. The van der Waals surface area contributed by atoms with Crippen LogP contribution in [-0.4, -0.2) is 36.4 Å². The average Bonchev–Trinajstić information content (AvgIpc) is 3.14. The fourth-order valence-corrected chi connectivity index (χ4v) is 3.35. The fourth-order valence-electron chi connectivity index (χ4n) is 3.35. The third-order valence-electron chi connectivity index (χ3n) is 4.79. The Labute approximate surface area is 153 Å². The molecule has 0 spiro atoms. The van der Waals surface area contributed by atoms with Crippen molar-refractivity contribution in [2.24, 2.45) is 0 Å². The van der Waals surface area contributed by atoms with E-state index in [2.05, 4.69) is 31.8 Å². The Morgan fingerprint density at radius 3 is 2.88 bits per heavy atom. The van der Waals surface area contributed by atoms with Crippen LogP contribution in [0.4, 0.5) is 0 Å². The molecule has 0 fully saturated rings. The van der Waals surface area contributed by atoms with Gasteiger partial charge in [-0.25, -0.2) is 15.0 Å². The molecular formula is C20H24N6. The molecule has 0 radical (unpaired) electrons. The molecule has 0 unspecified atom stereocenters. The van der Waals surface area contributed by atoms with E-state index in [4.69, 9.17) is 4.98 Å². The van der Waals surface area contributed by atoms with Gasteiger partial charge in [-0.1, -0.05) is 13.3 Å². The maximum absolute atomic E-state index is 4.78. The van der Waals surface area contributed by atoms with Crippen LogP contribution in [0.3, 0.4) is 0 Å². The van der Waals surface area contributed by atoms with Crippen LogP contribution in [0.25, 0.3) is 11.4 Å². The molecule has 4 rings (SSSR count). The average molecular weight is 348 g/mol. The van der Waals surface area contributed by atoms with Crippen LogP contribution in [0.1, 0.15) is 42.5 Å². The first-order valence-corrected chi connectivity index (χ1v) is 9.32. The molecule has 0 aromatic carbocycles. The van der Waals surface area contributed by atoms with Crippen LogP contribution in [0, 0.1) is 0 Å². The Bertz CT molecular complexity index is 858. The monoisotopic (exact) mass is 348 g/mol.